The highest BCUT2D eigenvalue weighted by molar-refractivity contribution is 8.15. The van der Waals surface area contributed by atoms with Crippen molar-refractivity contribution in [2.75, 3.05) is 0 Å². The van der Waals surface area contributed by atoms with Gasteiger partial charge < -0.3 is 0 Å². The zero-order chi connectivity index (χ0) is 14.5. The number of thioether (sulfide) groups is 1. The van der Waals surface area contributed by atoms with E-state index >= 15 is 0 Å². The van der Waals surface area contributed by atoms with E-state index in [1.807, 2.05) is 0 Å². The highest BCUT2D eigenvalue weighted by Crippen LogP contribution is 2.21. The molecule has 1 atom stereocenters. The average Bonchev–Trinajstić information content (AvgIpc) is 2.75. The summed E-state index contributed by atoms with van der Waals surface area (Å²) in [6, 6.07) is 2.97. The van der Waals surface area contributed by atoms with Gasteiger partial charge in [0.1, 0.15) is 5.25 Å². The van der Waals surface area contributed by atoms with Gasteiger partial charge in [0, 0.05) is 24.4 Å². The summed E-state index contributed by atoms with van der Waals surface area (Å²) in [5, 5.41) is 0.832. The largest absolute Gasteiger partial charge is 0.286 e. The molecule has 0 aromatic carbocycles. The molecule has 3 N–H and O–H groups in total. The van der Waals surface area contributed by atoms with E-state index in [-0.39, 0.29) is 6.42 Å². The lowest BCUT2D eigenvalue weighted by molar-refractivity contribution is -0.125. The Kier molecular flexibility index (Phi) is 4.31. The number of hydrogen-bond donors (Lipinski definition) is 3. The van der Waals surface area contributed by atoms with Crippen molar-refractivity contribution in [3.63, 3.8) is 0 Å². The molecule has 0 aliphatic carbocycles. The standard InChI is InChI=1S/C11H10N4O4S/c16-8(5-7-10(18)13-11(19)20-7)14-15-9(17)6-1-3-12-4-2-6/h1-4,7H,5H2,(H,14,16)(H,15,17)(H,13,18,19)/t7-/m0/s1. The van der Waals surface area contributed by atoms with Crippen LogP contribution in [0, 0.1) is 0 Å². The molecular weight excluding hydrogens is 284 g/mol. The second-order valence-corrected chi connectivity index (χ2v) is 5.00. The summed E-state index contributed by atoms with van der Waals surface area (Å²) in [6.45, 7) is 0. The maximum absolute atomic E-state index is 11.6. The van der Waals surface area contributed by atoms with E-state index < -0.39 is 28.2 Å². The van der Waals surface area contributed by atoms with Crippen LogP contribution >= 0.6 is 11.8 Å². The van der Waals surface area contributed by atoms with Crippen molar-refractivity contribution >= 4 is 34.7 Å². The summed E-state index contributed by atoms with van der Waals surface area (Å²) in [4.78, 5) is 49.1. The number of amides is 4. The second kappa shape index (κ2) is 6.15. The van der Waals surface area contributed by atoms with Crippen LogP contribution < -0.4 is 16.2 Å². The lowest BCUT2D eigenvalue weighted by Gasteiger charge is -2.08. The summed E-state index contributed by atoms with van der Waals surface area (Å²) in [5.41, 5.74) is 4.72. The fourth-order valence-corrected chi connectivity index (χ4v) is 2.27. The smallest absolute Gasteiger partial charge is 0.286 e. The number of imide groups is 1. The lowest BCUT2D eigenvalue weighted by atomic mass is 10.2. The monoisotopic (exact) mass is 294 g/mol. The van der Waals surface area contributed by atoms with E-state index in [0.29, 0.717) is 5.56 Å². The van der Waals surface area contributed by atoms with Crippen molar-refractivity contribution in [3.05, 3.63) is 30.1 Å². The first kappa shape index (κ1) is 14.0. The molecule has 1 fully saturated rings. The Morgan fingerprint density at radius 3 is 2.55 bits per heavy atom. The van der Waals surface area contributed by atoms with Gasteiger partial charge in [-0.1, -0.05) is 11.8 Å². The Morgan fingerprint density at radius 2 is 1.95 bits per heavy atom. The van der Waals surface area contributed by atoms with Gasteiger partial charge in [-0.15, -0.1) is 0 Å². The molecule has 1 aliphatic heterocycles. The quantitative estimate of drug-likeness (QED) is 0.652. The molecule has 104 valence electrons. The Hall–Kier alpha value is -2.42. The van der Waals surface area contributed by atoms with Crippen molar-refractivity contribution in [1.29, 1.82) is 0 Å². The highest BCUT2D eigenvalue weighted by Gasteiger charge is 2.33. The fourth-order valence-electron chi connectivity index (χ4n) is 1.45. The summed E-state index contributed by atoms with van der Waals surface area (Å²) in [5.74, 6) is -1.56. The lowest BCUT2D eigenvalue weighted by Crippen LogP contribution is -2.43. The van der Waals surface area contributed by atoms with Crippen LogP contribution in [0.25, 0.3) is 0 Å². The predicted molar refractivity (Wildman–Crippen MR) is 69.4 cm³/mol. The minimum absolute atomic E-state index is 0.196. The first-order valence-corrected chi connectivity index (χ1v) is 6.45. The van der Waals surface area contributed by atoms with E-state index in [9.17, 15) is 19.2 Å². The SMILES string of the molecule is O=C(C[C@@H]1SC(=O)NC1=O)NNC(=O)c1ccncc1. The normalized spacial score (nSPS) is 17.5. The molecule has 2 rings (SSSR count). The molecule has 1 saturated heterocycles. The summed E-state index contributed by atoms with van der Waals surface area (Å²) in [7, 11) is 0. The molecule has 4 amide bonds. The van der Waals surface area contributed by atoms with Gasteiger partial charge >= 0.3 is 0 Å². The topological polar surface area (TPSA) is 117 Å². The number of hydrogen-bond acceptors (Lipinski definition) is 6. The zero-order valence-electron chi connectivity index (χ0n) is 10.1. The Bertz CT molecular complexity index is 563. The summed E-state index contributed by atoms with van der Waals surface area (Å²) < 4.78 is 0. The number of carbonyl (C=O) groups excluding carboxylic acids is 4. The molecular formula is C11H10N4O4S. The van der Waals surface area contributed by atoms with Crippen LogP contribution in [0.1, 0.15) is 16.8 Å². The number of rotatable bonds is 3. The second-order valence-electron chi connectivity index (χ2n) is 3.83. The summed E-state index contributed by atoms with van der Waals surface area (Å²) in [6.07, 6.45) is 2.70. The maximum Gasteiger partial charge on any atom is 0.286 e. The van der Waals surface area contributed by atoms with Crippen molar-refractivity contribution in [1.82, 2.24) is 21.2 Å². The van der Waals surface area contributed by atoms with Crippen LogP contribution in [0.5, 0.6) is 0 Å². The van der Waals surface area contributed by atoms with E-state index in [2.05, 4.69) is 21.2 Å². The average molecular weight is 294 g/mol. The molecule has 20 heavy (non-hydrogen) atoms. The van der Waals surface area contributed by atoms with Gasteiger partial charge in [0.25, 0.3) is 11.1 Å². The zero-order valence-corrected chi connectivity index (χ0v) is 10.9. The Labute approximate surface area is 117 Å². The number of pyridine rings is 1. The van der Waals surface area contributed by atoms with Crippen molar-refractivity contribution in [3.8, 4) is 0 Å². The minimum atomic E-state index is -0.764. The van der Waals surface area contributed by atoms with Crippen LogP contribution in [0.4, 0.5) is 4.79 Å². The molecule has 0 radical (unpaired) electrons. The molecule has 0 saturated carbocycles. The van der Waals surface area contributed by atoms with E-state index in [4.69, 9.17) is 0 Å². The fraction of sp³-hybridized carbons (Fsp3) is 0.182. The van der Waals surface area contributed by atoms with Crippen molar-refractivity contribution in [2.45, 2.75) is 11.7 Å². The molecule has 0 bridgehead atoms. The molecule has 0 spiro atoms. The van der Waals surface area contributed by atoms with Crippen LogP contribution in [-0.4, -0.2) is 33.2 Å². The van der Waals surface area contributed by atoms with Gasteiger partial charge in [0.2, 0.25) is 11.8 Å². The van der Waals surface area contributed by atoms with Crippen LogP contribution in [-0.2, 0) is 9.59 Å². The van der Waals surface area contributed by atoms with Crippen molar-refractivity contribution < 1.29 is 19.2 Å². The molecule has 8 nitrogen and oxygen atoms in total. The highest BCUT2D eigenvalue weighted by atomic mass is 32.2. The van der Waals surface area contributed by atoms with E-state index in [1.165, 1.54) is 24.5 Å². The van der Waals surface area contributed by atoms with E-state index in [0.717, 1.165) is 11.8 Å². The van der Waals surface area contributed by atoms with E-state index in [1.54, 1.807) is 0 Å². The Balaban J connectivity index is 1.80. The van der Waals surface area contributed by atoms with Gasteiger partial charge in [0.15, 0.2) is 0 Å². The molecule has 1 aromatic rings. The summed E-state index contributed by atoms with van der Waals surface area (Å²) >= 11 is 0.751. The van der Waals surface area contributed by atoms with Gasteiger partial charge in [-0.05, 0) is 12.1 Å². The molecule has 1 aromatic heterocycles. The number of aromatic nitrogens is 1. The first-order chi connectivity index (χ1) is 9.56. The number of hydrazine groups is 1. The third kappa shape index (κ3) is 3.54. The van der Waals surface area contributed by atoms with Gasteiger partial charge in [0.05, 0.1) is 0 Å². The molecule has 1 aliphatic rings. The van der Waals surface area contributed by atoms with Crippen LogP contribution in [0.2, 0.25) is 0 Å². The number of nitrogens with zero attached hydrogens (tertiary/aromatic N) is 1. The number of nitrogens with one attached hydrogen (secondary N) is 3. The molecule has 0 unspecified atom stereocenters. The number of carbonyl (C=O) groups is 4. The minimum Gasteiger partial charge on any atom is -0.286 e. The third-order valence-electron chi connectivity index (χ3n) is 2.40. The van der Waals surface area contributed by atoms with Crippen molar-refractivity contribution in [2.24, 2.45) is 0 Å². The van der Waals surface area contributed by atoms with Gasteiger partial charge in [-0.3, -0.25) is 40.3 Å². The third-order valence-corrected chi connectivity index (χ3v) is 3.38. The van der Waals surface area contributed by atoms with Gasteiger partial charge in [-0.25, -0.2) is 0 Å². The van der Waals surface area contributed by atoms with Crippen LogP contribution in [0.15, 0.2) is 24.5 Å². The van der Waals surface area contributed by atoms with Gasteiger partial charge in [-0.2, -0.15) is 0 Å². The first-order valence-electron chi connectivity index (χ1n) is 5.57. The molecule has 9 heteroatoms. The molecule has 2 heterocycles. The van der Waals surface area contributed by atoms with Crippen LogP contribution in [0.3, 0.4) is 0 Å². The Morgan fingerprint density at radius 1 is 1.25 bits per heavy atom. The predicted octanol–water partition coefficient (Wildman–Crippen LogP) is -0.416. The maximum atomic E-state index is 11.6.